The van der Waals surface area contributed by atoms with Crippen LogP contribution in [0.5, 0.6) is 0 Å². The molecule has 0 bridgehead atoms. The monoisotopic (exact) mass is 269 g/mol. The van der Waals surface area contributed by atoms with E-state index < -0.39 is 5.54 Å². The highest BCUT2D eigenvalue weighted by molar-refractivity contribution is 7.99. The van der Waals surface area contributed by atoms with Gasteiger partial charge in [0.05, 0.1) is 11.6 Å². The highest BCUT2D eigenvalue weighted by Crippen LogP contribution is 2.26. The number of carbonyl (C=O) groups excluding carboxylic acids is 1. The van der Waals surface area contributed by atoms with Crippen LogP contribution in [-0.4, -0.2) is 33.3 Å². The predicted molar refractivity (Wildman–Crippen MR) is 71.2 cm³/mol. The molecule has 2 unspecified atom stereocenters. The maximum atomic E-state index is 11.7. The molecule has 0 amide bonds. The van der Waals surface area contributed by atoms with Gasteiger partial charge in [-0.25, -0.2) is 9.97 Å². The molecule has 0 aromatic carbocycles. The van der Waals surface area contributed by atoms with Gasteiger partial charge in [0.1, 0.15) is 11.9 Å². The summed E-state index contributed by atoms with van der Waals surface area (Å²) in [5.74, 6) is -0.361. The Morgan fingerprint density at radius 2 is 2.39 bits per heavy atom. The largest absolute Gasteiger partial charge is 0.465 e. The number of esters is 1. The fraction of sp³-hybridized carbons (Fsp3) is 0.583. The molecule has 0 radical (unpaired) electrons. The van der Waals surface area contributed by atoms with Crippen molar-refractivity contribution in [1.82, 2.24) is 9.97 Å². The first-order valence-corrected chi connectivity index (χ1v) is 6.72. The molecule has 0 aliphatic carbocycles. The van der Waals surface area contributed by atoms with Crippen molar-refractivity contribution in [1.29, 1.82) is 0 Å². The fourth-order valence-electron chi connectivity index (χ4n) is 1.57. The van der Waals surface area contributed by atoms with Gasteiger partial charge in [-0.3, -0.25) is 4.79 Å². The van der Waals surface area contributed by atoms with Crippen molar-refractivity contribution in [2.75, 3.05) is 6.61 Å². The van der Waals surface area contributed by atoms with Gasteiger partial charge in [-0.05, 0) is 26.3 Å². The first kappa shape index (κ1) is 14.9. The number of rotatable bonds is 6. The van der Waals surface area contributed by atoms with Crippen LogP contribution in [0, 0.1) is 0 Å². The Hall–Kier alpha value is -1.14. The zero-order valence-corrected chi connectivity index (χ0v) is 11.7. The van der Waals surface area contributed by atoms with Gasteiger partial charge < -0.3 is 10.5 Å². The van der Waals surface area contributed by atoms with E-state index in [1.807, 2.05) is 13.0 Å². The quantitative estimate of drug-likeness (QED) is 0.480. The summed E-state index contributed by atoms with van der Waals surface area (Å²) in [6.07, 6.45) is 3.72. The van der Waals surface area contributed by atoms with E-state index >= 15 is 0 Å². The Morgan fingerprint density at radius 1 is 1.67 bits per heavy atom. The Kier molecular flexibility index (Phi) is 5.55. The van der Waals surface area contributed by atoms with Crippen LogP contribution in [0.15, 0.2) is 23.6 Å². The number of aromatic nitrogens is 2. The maximum Gasteiger partial charge on any atom is 0.325 e. The molecule has 1 rings (SSSR count). The van der Waals surface area contributed by atoms with Crippen molar-refractivity contribution in [3.63, 3.8) is 0 Å². The van der Waals surface area contributed by atoms with Crippen LogP contribution in [-0.2, 0) is 9.53 Å². The SMILES string of the molecule is CCOC(=O)C(C)(N)CC(C)Sc1ccncn1. The van der Waals surface area contributed by atoms with Crippen LogP contribution in [0.25, 0.3) is 0 Å². The van der Waals surface area contributed by atoms with Gasteiger partial charge in [0.25, 0.3) is 0 Å². The summed E-state index contributed by atoms with van der Waals surface area (Å²) in [4.78, 5) is 19.7. The van der Waals surface area contributed by atoms with Crippen LogP contribution in [0.2, 0.25) is 0 Å². The van der Waals surface area contributed by atoms with E-state index in [2.05, 4.69) is 9.97 Å². The third-order valence-electron chi connectivity index (χ3n) is 2.33. The Balaban J connectivity index is 2.53. The lowest BCUT2D eigenvalue weighted by Crippen LogP contribution is -2.47. The lowest BCUT2D eigenvalue weighted by Gasteiger charge is -2.25. The number of carbonyl (C=O) groups is 1. The number of thioether (sulfide) groups is 1. The first-order valence-electron chi connectivity index (χ1n) is 5.84. The lowest BCUT2D eigenvalue weighted by molar-refractivity contribution is -0.149. The minimum Gasteiger partial charge on any atom is -0.465 e. The van der Waals surface area contributed by atoms with E-state index in [0.29, 0.717) is 13.0 Å². The summed E-state index contributed by atoms with van der Waals surface area (Å²) in [6, 6.07) is 1.83. The standard InChI is InChI=1S/C12H19N3O2S/c1-4-17-11(16)12(3,13)7-9(2)18-10-5-6-14-8-15-10/h5-6,8-9H,4,7,13H2,1-3H3. The maximum absolute atomic E-state index is 11.7. The molecule has 6 heteroatoms. The molecule has 2 atom stereocenters. The number of nitrogens with two attached hydrogens (primary N) is 1. The summed E-state index contributed by atoms with van der Waals surface area (Å²) >= 11 is 1.57. The number of hydrogen-bond acceptors (Lipinski definition) is 6. The second kappa shape index (κ2) is 6.70. The Bertz CT molecular complexity index is 384. The molecule has 100 valence electrons. The predicted octanol–water partition coefficient (Wildman–Crippen LogP) is 1.63. The summed E-state index contributed by atoms with van der Waals surface area (Å²) in [7, 11) is 0. The van der Waals surface area contributed by atoms with E-state index in [1.54, 1.807) is 31.8 Å². The Labute approximate surface area is 112 Å². The van der Waals surface area contributed by atoms with E-state index in [1.165, 1.54) is 6.33 Å². The lowest BCUT2D eigenvalue weighted by atomic mass is 9.98. The number of ether oxygens (including phenoxy) is 1. The van der Waals surface area contributed by atoms with E-state index in [-0.39, 0.29) is 11.2 Å². The molecule has 5 nitrogen and oxygen atoms in total. The average Bonchev–Trinajstić information content (AvgIpc) is 2.29. The van der Waals surface area contributed by atoms with Crippen molar-refractivity contribution in [2.24, 2.45) is 5.73 Å². The zero-order chi connectivity index (χ0) is 13.6. The van der Waals surface area contributed by atoms with Gasteiger partial charge >= 0.3 is 5.97 Å². The van der Waals surface area contributed by atoms with E-state index in [9.17, 15) is 4.79 Å². The molecule has 1 aromatic heterocycles. The molecular weight excluding hydrogens is 250 g/mol. The van der Waals surface area contributed by atoms with Gasteiger partial charge in [-0.1, -0.05) is 6.92 Å². The smallest absolute Gasteiger partial charge is 0.325 e. The van der Waals surface area contributed by atoms with Crippen molar-refractivity contribution in [3.8, 4) is 0 Å². The van der Waals surface area contributed by atoms with Gasteiger partial charge in [0.15, 0.2) is 0 Å². The van der Waals surface area contributed by atoms with Crippen LogP contribution in [0.4, 0.5) is 0 Å². The third kappa shape index (κ3) is 4.62. The molecule has 1 aromatic rings. The van der Waals surface area contributed by atoms with E-state index in [0.717, 1.165) is 5.03 Å². The molecule has 0 fully saturated rings. The van der Waals surface area contributed by atoms with Gasteiger partial charge in [0.2, 0.25) is 0 Å². The van der Waals surface area contributed by atoms with Gasteiger partial charge in [-0.2, -0.15) is 0 Å². The average molecular weight is 269 g/mol. The molecule has 0 saturated heterocycles. The second-order valence-corrected chi connectivity index (χ2v) is 5.78. The van der Waals surface area contributed by atoms with Gasteiger partial charge in [-0.15, -0.1) is 11.8 Å². The third-order valence-corrected chi connectivity index (χ3v) is 3.38. The fourth-order valence-corrected chi connectivity index (χ4v) is 2.66. The van der Waals surface area contributed by atoms with Gasteiger partial charge in [0, 0.05) is 11.4 Å². The highest BCUT2D eigenvalue weighted by Gasteiger charge is 2.32. The number of nitrogens with zero attached hydrogens (tertiary/aromatic N) is 2. The molecule has 0 spiro atoms. The van der Waals surface area contributed by atoms with Crippen molar-refractivity contribution >= 4 is 17.7 Å². The number of hydrogen-bond donors (Lipinski definition) is 1. The topological polar surface area (TPSA) is 78.1 Å². The van der Waals surface area contributed by atoms with Crippen molar-refractivity contribution < 1.29 is 9.53 Å². The van der Waals surface area contributed by atoms with Crippen molar-refractivity contribution in [2.45, 2.75) is 43.0 Å². The van der Waals surface area contributed by atoms with Crippen LogP contribution >= 0.6 is 11.8 Å². The Morgan fingerprint density at radius 3 is 2.94 bits per heavy atom. The van der Waals surface area contributed by atoms with Crippen LogP contribution < -0.4 is 5.73 Å². The van der Waals surface area contributed by atoms with Crippen LogP contribution in [0.1, 0.15) is 27.2 Å². The second-order valence-electron chi connectivity index (χ2n) is 4.32. The minimum absolute atomic E-state index is 0.166. The molecule has 1 heterocycles. The summed E-state index contributed by atoms with van der Waals surface area (Å²) < 4.78 is 4.96. The minimum atomic E-state index is -0.963. The summed E-state index contributed by atoms with van der Waals surface area (Å²) in [5, 5.41) is 1.04. The molecule has 2 N–H and O–H groups in total. The molecule has 0 aliphatic heterocycles. The van der Waals surface area contributed by atoms with E-state index in [4.69, 9.17) is 10.5 Å². The summed E-state index contributed by atoms with van der Waals surface area (Å²) in [6.45, 7) is 5.82. The molecule has 0 saturated carbocycles. The zero-order valence-electron chi connectivity index (χ0n) is 10.9. The first-order chi connectivity index (χ1) is 8.45. The molecule has 0 aliphatic rings. The highest BCUT2D eigenvalue weighted by atomic mass is 32.2. The van der Waals surface area contributed by atoms with Crippen molar-refractivity contribution in [3.05, 3.63) is 18.6 Å². The molecule has 18 heavy (non-hydrogen) atoms. The molecular formula is C12H19N3O2S. The van der Waals surface area contributed by atoms with Crippen LogP contribution in [0.3, 0.4) is 0 Å². The normalized spacial score (nSPS) is 15.8. The summed E-state index contributed by atoms with van der Waals surface area (Å²) in [5.41, 5.74) is 5.02.